The molecule has 1 N–H and O–H groups in total. The second-order valence-corrected chi connectivity index (χ2v) is 5.57. The van der Waals surface area contributed by atoms with E-state index in [4.69, 9.17) is 16.3 Å². The molecule has 1 aromatic heterocycles. The Labute approximate surface area is 131 Å². The zero-order valence-electron chi connectivity index (χ0n) is 12.7. The lowest BCUT2D eigenvalue weighted by molar-refractivity contribution is 0.463. The highest BCUT2D eigenvalue weighted by molar-refractivity contribution is 6.30. The summed E-state index contributed by atoms with van der Waals surface area (Å²) in [6, 6.07) is 5.81. The van der Waals surface area contributed by atoms with Crippen LogP contribution in [0.1, 0.15) is 30.0 Å². The Morgan fingerprint density at radius 2 is 1.95 bits per heavy atom. The van der Waals surface area contributed by atoms with Crippen molar-refractivity contribution in [2.75, 3.05) is 6.54 Å². The van der Waals surface area contributed by atoms with Crippen LogP contribution in [0.15, 0.2) is 30.6 Å². The molecule has 21 heavy (non-hydrogen) atoms. The standard InChI is InChI=1S/C17H21ClN2O/c1-4-6-19-10-14-5-7-20-11-16(14)21-17-12(2)8-15(18)9-13(17)3/h5,7-9,11,19H,4,6,10H2,1-3H3. The van der Waals surface area contributed by atoms with Crippen molar-refractivity contribution in [1.29, 1.82) is 0 Å². The molecular formula is C17H21ClN2O. The Morgan fingerprint density at radius 1 is 1.24 bits per heavy atom. The van der Waals surface area contributed by atoms with E-state index in [-0.39, 0.29) is 0 Å². The molecule has 0 saturated carbocycles. The number of nitrogens with zero attached hydrogens (tertiary/aromatic N) is 1. The van der Waals surface area contributed by atoms with Crippen LogP contribution in [-0.2, 0) is 6.54 Å². The maximum Gasteiger partial charge on any atom is 0.150 e. The van der Waals surface area contributed by atoms with Crippen molar-refractivity contribution >= 4 is 11.6 Å². The summed E-state index contributed by atoms with van der Waals surface area (Å²) >= 11 is 6.06. The van der Waals surface area contributed by atoms with E-state index in [9.17, 15) is 0 Å². The molecule has 0 aliphatic rings. The van der Waals surface area contributed by atoms with Gasteiger partial charge in [-0.1, -0.05) is 18.5 Å². The molecule has 0 radical (unpaired) electrons. The fourth-order valence-corrected chi connectivity index (χ4v) is 2.54. The van der Waals surface area contributed by atoms with Gasteiger partial charge in [-0.2, -0.15) is 0 Å². The maximum atomic E-state index is 6.10. The van der Waals surface area contributed by atoms with Gasteiger partial charge in [0, 0.05) is 23.3 Å². The van der Waals surface area contributed by atoms with Crippen molar-refractivity contribution in [3.05, 3.63) is 52.3 Å². The van der Waals surface area contributed by atoms with Crippen LogP contribution in [0, 0.1) is 13.8 Å². The van der Waals surface area contributed by atoms with Gasteiger partial charge < -0.3 is 10.1 Å². The summed E-state index contributed by atoms with van der Waals surface area (Å²) in [5.74, 6) is 1.64. The highest BCUT2D eigenvalue weighted by Gasteiger charge is 2.10. The van der Waals surface area contributed by atoms with E-state index in [0.717, 1.165) is 52.7 Å². The number of aromatic nitrogens is 1. The van der Waals surface area contributed by atoms with Crippen LogP contribution in [0.3, 0.4) is 0 Å². The molecule has 1 heterocycles. The molecule has 4 heteroatoms. The monoisotopic (exact) mass is 304 g/mol. The SMILES string of the molecule is CCCNCc1ccncc1Oc1c(C)cc(Cl)cc1C. The molecule has 0 amide bonds. The minimum Gasteiger partial charge on any atom is -0.455 e. The van der Waals surface area contributed by atoms with Crippen LogP contribution in [0.5, 0.6) is 11.5 Å². The van der Waals surface area contributed by atoms with Gasteiger partial charge in [0.1, 0.15) is 11.5 Å². The Balaban J connectivity index is 2.23. The number of ether oxygens (including phenoxy) is 1. The van der Waals surface area contributed by atoms with E-state index >= 15 is 0 Å². The first-order valence-electron chi connectivity index (χ1n) is 7.20. The first-order valence-corrected chi connectivity index (χ1v) is 7.57. The summed E-state index contributed by atoms with van der Waals surface area (Å²) in [6.45, 7) is 7.91. The van der Waals surface area contributed by atoms with Crippen molar-refractivity contribution in [3.8, 4) is 11.5 Å². The lowest BCUT2D eigenvalue weighted by atomic mass is 10.1. The highest BCUT2D eigenvalue weighted by Crippen LogP contribution is 2.32. The lowest BCUT2D eigenvalue weighted by Gasteiger charge is -2.15. The molecule has 3 nitrogen and oxygen atoms in total. The van der Waals surface area contributed by atoms with E-state index in [1.807, 2.05) is 32.0 Å². The molecule has 0 spiro atoms. The van der Waals surface area contributed by atoms with Gasteiger partial charge in [0.05, 0.1) is 6.20 Å². The van der Waals surface area contributed by atoms with E-state index in [1.165, 1.54) is 0 Å². The van der Waals surface area contributed by atoms with Crippen molar-refractivity contribution in [2.24, 2.45) is 0 Å². The third-order valence-corrected chi connectivity index (χ3v) is 3.47. The molecule has 0 aliphatic carbocycles. The molecule has 0 fully saturated rings. The molecule has 2 rings (SSSR count). The van der Waals surface area contributed by atoms with Gasteiger partial charge in [-0.3, -0.25) is 4.98 Å². The third-order valence-electron chi connectivity index (χ3n) is 3.25. The van der Waals surface area contributed by atoms with Crippen molar-refractivity contribution in [2.45, 2.75) is 33.7 Å². The number of pyridine rings is 1. The Bertz CT molecular complexity index is 590. The molecule has 1 aromatic carbocycles. The number of nitrogens with one attached hydrogen (secondary N) is 1. The summed E-state index contributed by atoms with van der Waals surface area (Å²) in [4.78, 5) is 4.17. The van der Waals surface area contributed by atoms with Crippen molar-refractivity contribution in [3.63, 3.8) is 0 Å². The molecular weight excluding hydrogens is 284 g/mol. The summed E-state index contributed by atoms with van der Waals surface area (Å²) in [5.41, 5.74) is 3.15. The molecule has 0 aliphatic heterocycles. The molecule has 112 valence electrons. The fraction of sp³-hybridized carbons (Fsp3) is 0.353. The summed E-state index contributed by atoms with van der Waals surface area (Å²) in [5, 5.41) is 4.12. The van der Waals surface area contributed by atoms with Crippen LogP contribution in [-0.4, -0.2) is 11.5 Å². The summed E-state index contributed by atoms with van der Waals surface area (Å²) < 4.78 is 6.10. The first kappa shape index (κ1) is 15.8. The van der Waals surface area contributed by atoms with E-state index in [0.29, 0.717) is 0 Å². The molecule has 2 aromatic rings. The Kier molecular flexibility index (Phi) is 5.59. The summed E-state index contributed by atoms with van der Waals surface area (Å²) in [6.07, 6.45) is 4.66. The smallest absolute Gasteiger partial charge is 0.150 e. The molecule has 0 bridgehead atoms. The van der Waals surface area contributed by atoms with Crippen LogP contribution in [0.25, 0.3) is 0 Å². The number of aryl methyl sites for hydroxylation is 2. The average Bonchev–Trinajstić information content (AvgIpc) is 2.44. The first-order chi connectivity index (χ1) is 10.1. The number of benzene rings is 1. The van der Waals surface area contributed by atoms with Gasteiger partial charge in [-0.05, 0) is 56.1 Å². The van der Waals surface area contributed by atoms with Gasteiger partial charge in [0.15, 0.2) is 0 Å². The largest absolute Gasteiger partial charge is 0.455 e. The molecule has 0 atom stereocenters. The van der Waals surface area contributed by atoms with Gasteiger partial charge >= 0.3 is 0 Å². The average molecular weight is 305 g/mol. The van der Waals surface area contributed by atoms with Crippen LogP contribution in [0.4, 0.5) is 0 Å². The van der Waals surface area contributed by atoms with Gasteiger partial charge in [0.25, 0.3) is 0 Å². The Hall–Kier alpha value is -1.58. The van der Waals surface area contributed by atoms with Gasteiger partial charge in [-0.25, -0.2) is 0 Å². The second-order valence-electron chi connectivity index (χ2n) is 5.13. The molecule has 0 saturated heterocycles. The summed E-state index contributed by atoms with van der Waals surface area (Å²) in [7, 11) is 0. The minimum absolute atomic E-state index is 0.730. The number of hydrogen-bond donors (Lipinski definition) is 1. The Morgan fingerprint density at radius 3 is 2.62 bits per heavy atom. The quantitative estimate of drug-likeness (QED) is 0.789. The zero-order chi connectivity index (χ0) is 15.2. The van der Waals surface area contributed by atoms with E-state index in [2.05, 4.69) is 17.2 Å². The fourth-order valence-electron chi connectivity index (χ4n) is 2.21. The van der Waals surface area contributed by atoms with Crippen LogP contribution >= 0.6 is 11.6 Å². The molecule has 0 unspecified atom stereocenters. The number of hydrogen-bond acceptors (Lipinski definition) is 3. The second kappa shape index (κ2) is 7.43. The lowest BCUT2D eigenvalue weighted by Crippen LogP contribution is -2.14. The van der Waals surface area contributed by atoms with Gasteiger partial charge in [0.2, 0.25) is 0 Å². The van der Waals surface area contributed by atoms with Gasteiger partial charge in [-0.15, -0.1) is 0 Å². The normalized spacial score (nSPS) is 10.7. The number of halogens is 1. The maximum absolute atomic E-state index is 6.10. The van der Waals surface area contributed by atoms with E-state index in [1.54, 1.807) is 12.4 Å². The predicted molar refractivity (Wildman–Crippen MR) is 87.2 cm³/mol. The minimum atomic E-state index is 0.730. The number of rotatable bonds is 6. The van der Waals surface area contributed by atoms with Crippen molar-refractivity contribution in [1.82, 2.24) is 10.3 Å². The van der Waals surface area contributed by atoms with E-state index < -0.39 is 0 Å². The predicted octanol–water partition coefficient (Wildman–Crippen LogP) is 4.64. The van der Waals surface area contributed by atoms with Crippen molar-refractivity contribution < 1.29 is 4.74 Å². The third kappa shape index (κ3) is 4.19. The topological polar surface area (TPSA) is 34.2 Å². The van der Waals surface area contributed by atoms with Crippen LogP contribution in [0.2, 0.25) is 5.02 Å². The zero-order valence-corrected chi connectivity index (χ0v) is 13.5. The highest BCUT2D eigenvalue weighted by atomic mass is 35.5. The van der Waals surface area contributed by atoms with Crippen LogP contribution < -0.4 is 10.1 Å².